The third-order valence-electron chi connectivity index (χ3n) is 3.58. The molecule has 0 aliphatic heterocycles. The minimum atomic E-state index is -3.27. The molecule has 0 heterocycles. The standard InChI is InChI=1S/C18H22N2O3S/c1-3-24(22,23)20-17-10-8-16(9-11-17)13-19-18(21)12-15-6-4-14(2)5-7-15/h4-11,20H,3,12-13H2,1-2H3,(H,19,21). The molecule has 0 saturated heterocycles. The van der Waals surface area contributed by atoms with Crippen LogP contribution in [0, 0.1) is 6.92 Å². The summed E-state index contributed by atoms with van der Waals surface area (Å²) in [6, 6.07) is 14.8. The molecule has 0 radical (unpaired) electrons. The first-order valence-corrected chi connectivity index (χ1v) is 9.45. The fraction of sp³-hybridized carbons (Fsp3) is 0.278. The zero-order valence-electron chi connectivity index (χ0n) is 13.9. The summed E-state index contributed by atoms with van der Waals surface area (Å²) in [4.78, 5) is 12.0. The van der Waals surface area contributed by atoms with Gasteiger partial charge in [0.2, 0.25) is 15.9 Å². The van der Waals surface area contributed by atoms with E-state index in [2.05, 4.69) is 10.0 Å². The number of rotatable bonds is 7. The maximum absolute atomic E-state index is 12.0. The number of anilines is 1. The quantitative estimate of drug-likeness (QED) is 0.809. The molecule has 0 spiro atoms. The molecule has 0 atom stereocenters. The summed E-state index contributed by atoms with van der Waals surface area (Å²) in [5.41, 5.74) is 3.57. The molecule has 5 nitrogen and oxygen atoms in total. The second-order valence-electron chi connectivity index (χ2n) is 5.64. The Balaban J connectivity index is 1.85. The molecule has 6 heteroatoms. The Morgan fingerprint density at radius 1 is 0.958 bits per heavy atom. The largest absolute Gasteiger partial charge is 0.352 e. The summed E-state index contributed by atoms with van der Waals surface area (Å²) in [5.74, 6) is -0.0151. The highest BCUT2D eigenvalue weighted by Crippen LogP contribution is 2.11. The molecule has 0 aromatic heterocycles. The monoisotopic (exact) mass is 346 g/mol. The number of aryl methyl sites for hydroxylation is 1. The Morgan fingerprint density at radius 3 is 2.12 bits per heavy atom. The summed E-state index contributed by atoms with van der Waals surface area (Å²) in [6.07, 6.45) is 0.342. The van der Waals surface area contributed by atoms with Crippen molar-refractivity contribution in [1.82, 2.24) is 5.32 Å². The smallest absolute Gasteiger partial charge is 0.232 e. The van der Waals surface area contributed by atoms with Gasteiger partial charge in [0.1, 0.15) is 0 Å². The van der Waals surface area contributed by atoms with Crippen molar-refractivity contribution in [3.63, 3.8) is 0 Å². The molecule has 24 heavy (non-hydrogen) atoms. The van der Waals surface area contributed by atoms with Crippen LogP contribution < -0.4 is 10.0 Å². The Labute approximate surface area is 143 Å². The van der Waals surface area contributed by atoms with E-state index in [1.165, 1.54) is 0 Å². The van der Waals surface area contributed by atoms with Crippen LogP contribution >= 0.6 is 0 Å². The van der Waals surface area contributed by atoms with Gasteiger partial charge < -0.3 is 5.32 Å². The van der Waals surface area contributed by atoms with E-state index in [1.54, 1.807) is 31.2 Å². The van der Waals surface area contributed by atoms with Crippen molar-refractivity contribution in [2.45, 2.75) is 26.8 Å². The topological polar surface area (TPSA) is 75.3 Å². The fourth-order valence-corrected chi connectivity index (χ4v) is 2.74. The van der Waals surface area contributed by atoms with E-state index >= 15 is 0 Å². The molecule has 0 aliphatic rings. The maximum Gasteiger partial charge on any atom is 0.232 e. The molecule has 0 aliphatic carbocycles. The molecule has 2 N–H and O–H groups in total. The van der Waals surface area contributed by atoms with Gasteiger partial charge in [-0.1, -0.05) is 42.0 Å². The Hall–Kier alpha value is -2.34. The van der Waals surface area contributed by atoms with Crippen LogP contribution in [0.5, 0.6) is 0 Å². The van der Waals surface area contributed by atoms with Crippen molar-refractivity contribution in [2.75, 3.05) is 10.5 Å². The zero-order valence-corrected chi connectivity index (χ0v) is 14.7. The first kappa shape index (κ1) is 18.0. The molecule has 0 saturated carbocycles. The van der Waals surface area contributed by atoms with Crippen molar-refractivity contribution in [3.05, 3.63) is 65.2 Å². The third-order valence-corrected chi connectivity index (χ3v) is 4.89. The number of hydrogen-bond acceptors (Lipinski definition) is 3. The number of carbonyl (C=O) groups excluding carboxylic acids is 1. The van der Waals surface area contributed by atoms with E-state index in [9.17, 15) is 13.2 Å². The van der Waals surface area contributed by atoms with Gasteiger partial charge in [0.15, 0.2) is 0 Å². The summed E-state index contributed by atoms with van der Waals surface area (Å²) in [7, 11) is -3.27. The second-order valence-corrected chi connectivity index (χ2v) is 7.65. The molecule has 128 valence electrons. The van der Waals surface area contributed by atoms with E-state index < -0.39 is 10.0 Å². The Kier molecular flexibility index (Phi) is 5.98. The van der Waals surface area contributed by atoms with Crippen LogP contribution in [0.15, 0.2) is 48.5 Å². The van der Waals surface area contributed by atoms with Crippen molar-refractivity contribution in [3.8, 4) is 0 Å². The Morgan fingerprint density at radius 2 is 1.54 bits per heavy atom. The van der Waals surface area contributed by atoms with Gasteiger partial charge in [0.25, 0.3) is 0 Å². The number of carbonyl (C=O) groups is 1. The van der Waals surface area contributed by atoms with E-state index in [0.717, 1.165) is 16.7 Å². The van der Waals surface area contributed by atoms with Crippen LogP contribution in [0.1, 0.15) is 23.6 Å². The van der Waals surface area contributed by atoms with Crippen molar-refractivity contribution < 1.29 is 13.2 Å². The highest BCUT2D eigenvalue weighted by molar-refractivity contribution is 7.92. The van der Waals surface area contributed by atoms with Crippen molar-refractivity contribution in [2.24, 2.45) is 0 Å². The highest BCUT2D eigenvalue weighted by Gasteiger charge is 2.07. The van der Waals surface area contributed by atoms with Gasteiger partial charge in [0, 0.05) is 12.2 Å². The molecular formula is C18H22N2O3S. The predicted octanol–water partition coefficient (Wildman–Crippen LogP) is 2.62. The van der Waals surface area contributed by atoms with E-state index in [4.69, 9.17) is 0 Å². The maximum atomic E-state index is 12.0. The van der Waals surface area contributed by atoms with Gasteiger partial charge in [-0.3, -0.25) is 9.52 Å². The minimum Gasteiger partial charge on any atom is -0.352 e. The molecule has 0 fully saturated rings. The summed E-state index contributed by atoms with van der Waals surface area (Å²) in [6.45, 7) is 4.00. The van der Waals surface area contributed by atoms with Gasteiger partial charge in [-0.2, -0.15) is 0 Å². The Bertz CT molecular complexity index is 782. The van der Waals surface area contributed by atoms with E-state index in [1.807, 2.05) is 31.2 Å². The number of sulfonamides is 1. The van der Waals surface area contributed by atoms with Gasteiger partial charge in [-0.15, -0.1) is 0 Å². The van der Waals surface area contributed by atoms with Crippen LogP contribution in [0.25, 0.3) is 0 Å². The SMILES string of the molecule is CCS(=O)(=O)Nc1ccc(CNC(=O)Cc2ccc(C)cc2)cc1. The first-order chi connectivity index (χ1) is 11.4. The van der Waals surface area contributed by atoms with Crippen LogP contribution in [-0.2, 0) is 27.8 Å². The lowest BCUT2D eigenvalue weighted by molar-refractivity contribution is -0.120. The van der Waals surface area contributed by atoms with Gasteiger partial charge >= 0.3 is 0 Å². The number of hydrogen-bond donors (Lipinski definition) is 2. The summed E-state index contributed by atoms with van der Waals surface area (Å²) in [5, 5.41) is 2.86. The normalized spacial score (nSPS) is 11.1. The highest BCUT2D eigenvalue weighted by atomic mass is 32.2. The van der Waals surface area contributed by atoms with Crippen LogP contribution in [0.4, 0.5) is 5.69 Å². The fourth-order valence-electron chi connectivity index (χ4n) is 2.10. The van der Waals surface area contributed by atoms with Crippen LogP contribution in [-0.4, -0.2) is 20.1 Å². The molecule has 0 bridgehead atoms. The van der Waals surface area contributed by atoms with E-state index in [-0.39, 0.29) is 11.7 Å². The molecule has 2 rings (SSSR count). The summed E-state index contributed by atoms with van der Waals surface area (Å²) < 4.78 is 25.5. The lowest BCUT2D eigenvalue weighted by atomic mass is 10.1. The molecule has 2 aromatic carbocycles. The molecular weight excluding hydrogens is 324 g/mol. The molecule has 1 amide bonds. The average Bonchev–Trinajstić information content (AvgIpc) is 2.56. The zero-order chi connectivity index (χ0) is 17.6. The van der Waals surface area contributed by atoms with E-state index in [0.29, 0.717) is 18.7 Å². The third kappa shape index (κ3) is 5.70. The molecule has 0 unspecified atom stereocenters. The lowest BCUT2D eigenvalue weighted by Gasteiger charge is -2.08. The van der Waals surface area contributed by atoms with Gasteiger partial charge in [-0.05, 0) is 37.1 Å². The van der Waals surface area contributed by atoms with Gasteiger partial charge in [-0.25, -0.2) is 8.42 Å². The number of nitrogens with one attached hydrogen (secondary N) is 2. The number of benzene rings is 2. The molecule has 2 aromatic rings. The van der Waals surface area contributed by atoms with Crippen LogP contribution in [0.3, 0.4) is 0 Å². The minimum absolute atomic E-state index is 0.0316. The van der Waals surface area contributed by atoms with Crippen LogP contribution in [0.2, 0.25) is 0 Å². The number of amides is 1. The first-order valence-electron chi connectivity index (χ1n) is 7.79. The van der Waals surface area contributed by atoms with Crippen molar-refractivity contribution in [1.29, 1.82) is 0 Å². The summed E-state index contributed by atoms with van der Waals surface area (Å²) >= 11 is 0. The lowest BCUT2D eigenvalue weighted by Crippen LogP contribution is -2.24. The average molecular weight is 346 g/mol. The second kappa shape index (κ2) is 7.97. The van der Waals surface area contributed by atoms with Gasteiger partial charge in [0.05, 0.1) is 12.2 Å². The van der Waals surface area contributed by atoms with Crippen molar-refractivity contribution >= 4 is 21.6 Å². The predicted molar refractivity (Wildman–Crippen MR) is 96.3 cm³/mol.